The summed E-state index contributed by atoms with van der Waals surface area (Å²) in [4.78, 5) is 25.7. The number of ether oxygens (including phenoxy) is 3. The van der Waals surface area contributed by atoms with Crippen molar-refractivity contribution < 1.29 is 28.9 Å². The van der Waals surface area contributed by atoms with Gasteiger partial charge in [-0.15, -0.1) is 0 Å². The summed E-state index contributed by atoms with van der Waals surface area (Å²) in [6.07, 6.45) is 1.94. The Bertz CT molecular complexity index is 1520. The van der Waals surface area contributed by atoms with Gasteiger partial charge in [-0.3, -0.25) is 10.1 Å². The van der Waals surface area contributed by atoms with Crippen LogP contribution in [0.2, 0.25) is 0 Å². The van der Waals surface area contributed by atoms with Gasteiger partial charge in [-0.1, -0.05) is 72.8 Å². The Kier molecular flexibility index (Phi) is 10.9. The number of amides is 2. The summed E-state index contributed by atoms with van der Waals surface area (Å²) < 4.78 is 17.6. The van der Waals surface area contributed by atoms with Gasteiger partial charge in [0.2, 0.25) is 5.91 Å². The van der Waals surface area contributed by atoms with Gasteiger partial charge in [0.25, 0.3) is 0 Å². The minimum atomic E-state index is -0.855. The maximum absolute atomic E-state index is 13.3. The van der Waals surface area contributed by atoms with Crippen LogP contribution in [0.5, 0.6) is 5.75 Å². The van der Waals surface area contributed by atoms with Crippen molar-refractivity contribution in [1.29, 1.82) is 0 Å². The van der Waals surface area contributed by atoms with Crippen LogP contribution in [-0.4, -0.2) is 43.5 Å². The third-order valence-electron chi connectivity index (χ3n) is 6.58. The molecule has 0 heterocycles. The topological polar surface area (TPSA) is 132 Å². The maximum atomic E-state index is 13.3. The molecule has 2 atom stereocenters. The normalized spacial score (nSPS) is 12.5. The van der Waals surface area contributed by atoms with Crippen molar-refractivity contribution in [3.05, 3.63) is 109 Å². The number of aliphatic hydroxyl groups excluding tert-OH is 1. The van der Waals surface area contributed by atoms with E-state index in [1.165, 1.54) is 13.2 Å². The SMILES string of the molecule is CO[C@@H](CC/C=C/C(=O)Nc1ccccc1N)[C@@H](OC(=O)Nc1cccc2ccccc12)c1ccccc1OCCO. The molecule has 0 saturated carbocycles. The number of nitrogens with one attached hydrogen (secondary N) is 2. The molecule has 9 heteroatoms. The molecule has 4 rings (SSSR count). The van der Waals surface area contributed by atoms with Crippen molar-refractivity contribution >= 4 is 39.8 Å². The fourth-order valence-electron chi connectivity index (χ4n) is 4.56. The lowest BCUT2D eigenvalue weighted by atomic mass is 9.99. The van der Waals surface area contributed by atoms with Crippen LogP contribution < -0.4 is 21.1 Å². The monoisotopic (exact) mass is 569 g/mol. The zero-order valence-electron chi connectivity index (χ0n) is 23.4. The lowest BCUT2D eigenvalue weighted by Crippen LogP contribution is -2.28. The van der Waals surface area contributed by atoms with E-state index in [2.05, 4.69) is 10.6 Å². The first-order chi connectivity index (χ1) is 20.5. The van der Waals surface area contributed by atoms with Crippen molar-refractivity contribution in [3.63, 3.8) is 0 Å². The number of benzene rings is 4. The molecule has 0 radical (unpaired) electrons. The van der Waals surface area contributed by atoms with Gasteiger partial charge in [-0.25, -0.2) is 4.79 Å². The molecule has 0 spiro atoms. The van der Waals surface area contributed by atoms with E-state index in [-0.39, 0.29) is 19.1 Å². The second kappa shape index (κ2) is 15.2. The van der Waals surface area contributed by atoms with Gasteiger partial charge in [0, 0.05) is 18.1 Å². The Hall–Kier alpha value is -4.86. The standard InChI is InChI=1S/C33H35N3O6/c1-40-30(19-8-9-20-31(38)35-28-16-6-5-15-26(28)34)32(25-14-4-7-18-29(25)41-22-21-37)42-33(39)36-27-17-10-12-23-11-2-3-13-24(23)27/h2-7,9-18,20,30,32,37H,8,19,21-22,34H2,1H3,(H,35,38)(H,36,39)/b20-9+/t30-,32-/m0/s1. The Morgan fingerprint density at radius 2 is 1.62 bits per heavy atom. The Morgan fingerprint density at radius 1 is 0.905 bits per heavy atom. The molecular weight excluding hydrogens is 534 g/mol. The number of methoxy groups -OCH3 is 1. The number of aliphatic hydroxyl groups is 1. The average Bonchev–Trinajstić information content (AvgIpc) is 3.01. The van der Waals surface area contributed by atoms with Gasteiger partial charge in [-0.05, 0) is 48.6 Å². The van der Waals surface area contributed by atoms with E-state index in [0.717, 1.165) is 10.8 Å². The first kappa shape index (κ1) is 30.1. The molecule has 0 aliphatic heterocycles. The lowest BCUT2D eigenvalue weighted by Gasteiger charge is -2.28. The predicted octanol–water partition coefficient (Wildman–Crippen LogP) is 6.07. The number of rotatable bonds is 13. The highest BCUT2D eigenvalue weighted by Gasteiger charge is 2.29. The largest absolute Gasteiger partial charge is 0.491 e. The van der Waals surface area contributed by atoms with E-state index < -0.39 is 18.3 Å². The van der Waals surface area contributed by atoms with Crippen molar-refractivity contribution in [2.75, 3.05) is 36.7 Å². The number of hydrogen-bond acceptors (Lipinski definition) is 7. The van der Waals surface area contributed by atoms with Crippen LogP contribution in [0, 0.1) is 0 Å². The molecule has 0 aromatic heterocycles. The van der Waals surface area contributed by atoms with Crippen LogP contribution in [-0.2, 0) is 14.3 Å². The maximum Gasteiger partial charge on any atom is 0.412 e. The van der Waals surface area contributed by atoms with Gasteiger partial charge in [-0.2, -0.15) is 0 Å². The molecule has 0 aliphatic rings. The van der Waals surface area contributed by atoms with Crippen molar-refractivity contribution in [2.45, 2.75) is 25.0 Å². The van der Waals surface area contributed by atoms with Crippen LogP contribution in [0.25, 0.3) is 10.8 Å². The second-order valence-corrected chi connectivity index (χ2v) is 9.42. The van der Waals surface area contributed by atoms with Crippen LogP contribution in [0.4, 0.5) is 21.9 Å². The minimum absolute atomic E-state index is 0.0767. The number of allylic oxidation sites excluding steroid dienone is 1. The number of carbonyl (C=O) groups is 2. The smallest absolute Gasteiger partial charge is 0.412 e. The minimum Gasteiger partial charge on any atom is -0.491 e. The third-order valence-corrected chi connectivity index (χ3v) is 6.58. The van der Waals surface area contributed by atoms with E-state index in [4.69, 9.17) is 19.9 Å². The first-order valence-corrected chi connectivity index (χ1v) is 13.6. The molecule has 5 N–H and O–H groups in total. The molecule has 0 unspecified atom stereocenters. The molecule has 4 aromatic carbocycles. The number of hydrogen-bond donors (Lipinski definition) is 4. The lowest BCUT2D eigenvalue weighted by molar-refractivity contribution is -0.111. The number of fused-ring (bicyclic) bond motifs is 1. The summed E-state index contributed by atoms with van der Waals surface area (Å²) in [6, 6.07) is 27.5. The van der Waals surface area contributed by atoms with E-state index in [9.17, 15) is 14.7 Å². The molecule has 2 amide bonds. The Morgan fingerprint density at radius 3 is 2.43 bits per heavy atom. The first-order valence-electron chi connectivity index (χ1n) is 13.6. The Labute approximate surface area is 244 Å². The summed E-state index contributed by atoms with van der Waals surface area (Å²) >= 11 is 0. The fraction of sp³-hybridized carbons (Fsp3) is 0.212. The zero-order chi connectivity index (χ0) is 29.7. The van der Waals surface area contributed by atoms with Crippen molar-refractivity contribution in [3.8, 4) is 5.75 Å². The van der Waals surface area contributed by atoms with Gasteiger partial charge in [0.1, 0.15) is 12.4 Å². The highest BCUT2D eigenvalue weighted by Crippen LogP contribution is 2.34. The molecule has 9 nitrogen and oxygen atoms in total. The van der Waals surface area contributed by atoms with Crippen molar-refractivity contribution in [1.82, 2.24) is 0 Å². The summed E-state index contributed by atoms with van der Waals surface area (Å²) in [5.74, 6) is 0.152. The van der Waals surface area contributed by atoms with E-state index in [1.807, 2.05) is 48.5 Å². The summed E-state index contributed by atoms with van der Waals surface area (Å²) in [6.45, 7) is -0.0933. The third kappa shape index (κ3) is 8.09. The van der Waals surface area contributed by atoms with E-state index >= 15 is 0 Å². The number of para-hydroxylation sites is 3. The second-order valence-electron chi connectivity index (χ2n) is 9.42. The average molecular weight is 570 g/mol. The van der Waals surface area contributed by atoms with Gasteiger partial charge in [0.05, 0.1) is 29.8 Å². The molecule has 0 bridgehead atoms. The Balaban J connectivity index is 1.50. The van der Waals surface area contributed by atoms with Crippen LogP contribution in [0.15, 0.2) is 103 Å². The van der Waals surface area contributed by atoms with E-state index in [0.29, 0.717) is 41.2 Å². The summed E-state index contributed by atoms with van der Waals surface area (Å²) in [5, 5.41) is 16.8. The molecule has 0 aliphatic carbocycles. The highest BCUT2D eigenvalue weighted by molar-refractivity contribution is 6.01. The van der Waals surface area contributed by atoms with Gasteiger partial charge in [0.15, 0.2) is 6.10 Å². The highest BCUT2D eigenvalue weighted by atomic mass is 16.6. The predicted molar refractivity (Wildman–Crippen MR) is 164 cm³/mol. The zero-order valence-corrected chi connectivity index (χ0v) is 23.4. The van der Waals surface area contributed by atoms with Crippen LogP contribution in [0.1, 0.15) is 24.5 Å². The molecule has 218 valence electrons. The van der Waals surface area contributed by atoms with E-state index in [1.54, 1.807) is 48.5 Å². The molecule has 0 saturated heterocycles. The van der Waals surface area contributed by atoms with Crippen LogP contribution >= 0.6 is 0 Å². The van der Waals surface area contributed by atoms with Gasteiger partial charge >= 0.3 is 6.09 Å². The molecule has 0 fully saturated rings. The molecule has 42 heavy (non-hydrogen) atoms. The fourth-order valence-corrected chi connectivity index (χ4v) is 4.56. The summed E-state index contributed by atoms with van der Waals surface area (Å²) in [5.41, 5.74) is 8.12. The molecule has 4 aromatic rings. The number of nitrogen functional groups attached to an aromatic ring is 1. The number of carbonyl (C=O) groups excluding carboxylic acids is 2. The van der Waals surface area contributed by atoms with Gasteiger partial charge < -0.3 is 30.4 Å². The van der Waals surface area contributed by atoms with Crippen molar-refractivity contribution in [2.24, 2.45) is 0 Å². The molecular formula is C33H35N3O6. The quantitative estimate of drug-likeness (QED) is 0.113. The number of anilines is 3. The number of nitrogens with two attached hydrogens (primary N) is 1. The van der Waals surface area contributed by atoms with Crippen LogP contribution in [0.3, 0.4) is 0 Å². The summed E-state index contributed by atoms with van der Waals surface area (Å²) in [7, 11) is 1.54.